The Kier molecular flexibility index (Phi) is 5.53. The minimum Gasteiger partial charge on any atom is -0.497 e. The first kappa shape index (κ1) is 18.8. The molecule has 1 atom stereocenters. The largest absolute Gasteiger partial charge is 0.497 e. The first-order valence-electron chi connectivity index (χ1n) is 10.2. The molecule has 5 nitrogen and oxygen atoms in total. The number of nitrogens with zero attached hydrogens (tertiary/aromatic N) is 2. The summed E-state index contributed by atoms with van der Waals surface area (Å²) in [5.41, 5.74) is 4.95. The van der Waals surface area contributed by atoms with Gasteiger partial charge >= 0.3 is 0 Å². The number of aryl methyl sites for hydroxylation is 2. The maximum Gasteiger partial charge on any atom is 0.241 e. The first-order valence-corrected chi connectivity index (χ1v) is 10.2. The highest BCUT2D eigenvalue weighted by Crippen LogP contribution is 2.25. The number of hydrogen-bond donors (Lipinski definition) is 1. The zero-order chi connectivity index (χ0) is 19.5. The van der Waals surface area contributed by atoms with Crippen LogP contribution in [0.1, 0.15) is 24.5 Å². The van der Waals surface area contributed by atoms with E-state index >= 15 is 0 Å². The Morgan fingerprint density at radius 1 is 1.00 bits per heavy atom. The number of carbonyl (C=O) groups is 1. The average molecular weight is 380 g/mol. The third kappa shape index (κ3) is 3.99. The third-order valence-electron chi connectivity index (χ3n) is 6.05. The minimum atomic E-state index is -0.133. The fourth-order valence-electron chi connectivity index (χ4n) is 4.22. The van der Waals surface area contributed by atoms with Gasteiger partial charge in [-0.15, -0.1) is 0 Å². The molecule has 0 aromatic heterocycles. The van der Waals surface area contributed by atoms with Crippen molar-refractivity contribution >= 4 is 17.3 Å². The summed E-state index contributed by atoms with van der Waals surface area (Å²) in [6.07, 6.45) is 3.52. The van der Waals surface area contributed by atoms with E-state index in [1.165, 1.54) is 29.7 Å². The molecule has 28 heavy (non-hydrogen) atoms. The van der Waals surface area contributed by atoms with Crippen LogP contribution in [0.25, 0.3) is 0 Å². The number of anilines is 2. The van der Waals surface area contributed by atoms with Gasteiger partial charge < -0.3 is 15.0 Å². The van der Waals surface area contributed by atoms with Crippen molar-refractivity contribution in [2.45, 2.75) is 32.2 Å². The summed E-state index contributed by atoms with van der Waals surface area (Å²) in [5.74, 6) is 0.954. The second-order valence-electron chi connectivity index (χ2n) is 7.72. The normalized spacial score (nSPS) is 17.9. The number of amides is 1. The van der Waals surface area contributed by atoms with E-state index in [2.05, 4.69) is 39.4 Å². The van der Waals surface area contributed by atoms with Crippen LogP contribution in [0.3, 0.4) is 0 Å². The van der Waals surface area contributed by atoms with Crippen molar-refractivity contribution in [2.75, 3.05) is 43.5 Å². The third-order valence-corrected chi connectivity index (χ3v) is 6.05. The van der Waals surface area contributed by atoms with Gasteiger partial charge in [0.15, 0.2) is 0 Å². The van der Waals surface area contributed by atoms with Crippen LogP contribution in [0.4, 0.5) is 11.4 Å². The van der Waals surface area contributed by atoms with E-state index in [0.29, 0.717) is 0 Å². The molecule has 2 aliphatic rings. The standard InChI is InChI=1S/C23H29N3O2/c1-17(23(27)24-20-7-6-18-4-3-5-19(18)16-20)25-12-14-26(15-13-25)21-8-10-22(28-2)11-9-21/h6-11,16-17H,3-5,12-15H2,1-2H3,(H,24,27)/t17-/m1/s1. The van der Waals surface area contributed by atoms with E-state index < -0.39 is 0 Å². The van der Waals surface area contributed by atoms with Crippen molar-refractivity contribution in [3.8, 4) is 5.75 Å². The van der Waals surface area contributed by atoms with Gasteiger partial charge in [0.05, 0.1) is 13.2 Å². The second kappa shape index (κ2) is 8.23. The van der Waals surface area contributed by atoms with Crippen LogP contribution in [-0.2, 0) is 17.6 Å². The average Bonchev–Trinajstić information content (AvgIpc) is 3.21. The summed E-state index contributed by atoms with van der Waals surface area (Å²) in [7, 11) is 1.68. The molecule has 0 bridgehead atoms. The zero-order valence-electron chi connectivity index (χ0n) is 16.8. The number of rotatable bonds is 5. The maximum atomic E-state index is 12.8. The van der Waals surface area contributed by atoms with Gasteiger partial charge in [0.25, 0.3) is 0 Å². The van der Waals surface area contributed by atoms with Gasteiger partial charge in [-0.2, -0.15) is 0 Å². The summed E-state index contributed by atoms with van der Waals surface area (Å²) < 4.78 is 5.23. The fraction of sp³-hybridized carbons (Fsp3) is 0.435. The molecule has 1 N–H and O–H groups in total. The molecule has 0 saturated carbocycles. The predicted molar refractivity (Wildman–Crippen MR) is 113 cm³/mol. The van der Waals surface area contributed by atoms with Crippen LogP contribution < -0.4 is 15.0 Å². The van der Waals surface area contributed by atoms with E-state index in [4.69, 9.17) is 4.74 Å². The molecular weight excluding hydrogens is 350 g/mol. The number of benzene rings is 2. The van der Waals surface area contributed by atoms with Crippen LogP contribution in [0.15, 0.2) is 42.5 Å². The van der Waals surface area contributed by atoms with Crippen molar-refractivity contribution in [1.29, 1.82) is 0 Å². The monoisotopic (exact) mass is 379 g/mol. The molecule has 5 heteroatoms. The SMILES string of the molecule is COc1ccc(N2CCN([C@H](C)C(=O)Nc3ccc4c(c3)CCC4)CC2)cc1. The van der Waals surface area contributed by atoms with Crippen molar-refractivity contribution in [3.63, 3.8) is 0 Å². The van der Waals surface area contributed by atoms with Crippen LogP contribution in [0.2, 0.25) is 0 Å². The second-order valence-corrected chi connectivity index (χ2v) is 7.72. The molecule has 1 fully saturated rings. The molecule has 1 aliphatic heterocycles. The van der Waals surface area contributed by atoms with Gasteiger partial charge in [0, 0.05) is 37.6 Å². The lowest BCUT2D eigenvalue weighted by Gasteiger charge is -2.38. The number of ether oxygens (including phenoxy) is 1. The van der Waals surface area contributed by atoms with E-state index in [-0.39, 0.29) is 11.9 Å². The lowest BCUT2D eigenvalue weighted by Crippen LogP contribution is -2.52. The Labute approximate surface area is 167 Å². The molecule has 4 rings (SSSR count). The fourth-order valence-corrected chi connectivity index (χ4v) is 4.22. The summed E-state index contributed by atoms with van der Waals surface area (Å²) in [6.45, 7) is 5.60. The Bertz CT molecular complexity index is 826. The zero-order valence-corrected chi connectivity index (χ0v) is 16.8. The Morgan fingerprint density at radius 2 is 1.71 bits per heavy atom. The molecule has 1 aliphatic carbocycles. The molecule has 2 aromatic carbocycles. The number of carbonyl (C=O) groups excluding carboxylic acids is 1. The first-order chi connectivity index (χ1) is 13.6. The van der Waals surface area contributed by atoms with Gasteiger partial charge in [-0.1, -0.05) is 6.07 Å². The highest BCUT2D eigenvalue weighted by molar-refractivity contribution is 5.94. The summed E-state index contributed by atoms with van der Waals surface area (Å²) in [6, 6.07) is 14.4. The topological polar surface area (TPSA) is 44.8 Å². The van der Waals surface area contributed by atoms with Crippen molar-refractivity contribution in [2.24, 2.45) is 0 Å². The maximum absolute atomic E-state index is 12.8. The lowest BCUT2D eigenvalue weighted by molar-refractivity contribution is -0.120. The summed E-state index contributed by atoms with van der Waals surface area (Å²) in [5, 5.41) is 3.12. The van der Waals surface area contributed by atoms with Crippen molar-refractivity contribution in [1.82, 2.24) is 4.90 Å². The van der Waals surface area contributed by atoms with Crippen LogP contribution in [0.5, 0.6) is 5.75 Å². The van der Waals surface area contributed by atoms with Gasteiger partial charge in [-0.05, 0) is 73.7 Å². The van der Waals surface area contributed by atoms with Gasteiger partial charge in [0.1, 0.15) is 5.75 Å². The van der Waals surface area contributed by atoms with Crippen molar-refractivity contribution in [3.05, 3.63) is 53.6 Å². The Hall–Kier alpha value is -2.53. The van der Waals surface area contributed by atoms with Gasteiger partial charge in [-0.25, -0.2) is 0 Å². The molecule has 0 radical (unpaired) electrons. The molecule has 0 unspecified atom stereocenters. The number of methoxy groups -OCH3 is 1. The van der Waals surface area contributed by atoms with Crippen LogP contribution in [0, 0.1) is 0 Å². The van der Waals surface area contributed by atoms with E-state index in [9.17, 15) is 4.79 Å². The van der Waals surface area contributed by atoms with E-state index in [1.807, 2.05) is 25.1 Å². The van der Waals surface area contributed by atoms with E-state index in [0.717, 1.165) is 44.0 Å². The number of hydrogen-bond acceptors (Lipinski definition) is 4. The lowest BCUT2D eigenvalue weighted by atomic mass is 10.1. The van der Waals surface area contributed by atoms with Gasteiger partial charge in [-0.3, -0.25) is 9.69 Å². The van der Waals surface area contributed by atoms with E-state index in [1.54, 1.807) is 7.11 Å². The minimum absolute atomic E-state index is 0.0795. The number of fused-ring (bicyclic) bond motifs is 1. The van der Waals surface area contributed by atoms with Crippen LogP contribution in [-0.4, -0.2) is 50.1 Å². The van der Waals surface area contributed by atoms with Crippen LogP contribution >= 0.6 is 0 Å². The Balaban J connectivity index is 1.31. The molecular formula is C23H29N3O2. The smallest absolute Gasteiger partial charge is 0.241 e. The molecule has 1 saturated heterocycles. The molecule has 0 spiro atoms. The molecule has 2 aromatic rings. The van der Waals surface area contributed by atoms with Crippen molar-refractivity contribution < 1.29 is 9.53 Å². The highest BCUT2D eigenvalue weighted by atomic mass is 16.5. The summed E-state index contributed by atoms with van der Waals surface area (Å²) in [4.78, 5) is 17.4. The molecule has 148 valence electrons. The quantitative estimate of drug-likeness (QED) is 0.866. The highest BCUT2D eigenvalue weighted by Gasteiger charge is 2.26. The Morgan fingerprint density at radius 3 is 2.43 bits per heavy atom. The summed E-state index contributed by atoms with van der Waals surface area (Å²) >= 11 is 0. The molecule has 1 heterocycles. The number of nitrogens with one attached hydrogen (secondary N) is 1. The molecule has 1 amide bonds. The van der Waals surface area contributed by atoms with Gasteiger partial charge in [0.2, 0.25) is 5.91 Å². The predicted octanol–water partition coefficient (Wildman–Crippen LogP) is 3.33. The number of piperazine rings is 1.